The van der Waals surface area contributed by atoms with Gasteiger partial charge in [-0.2, -0.15) is 4.99 Å². The molecule has 0 saturated heterocycles. The summed E-state index contributed by atoms with van der Waals surface area (Å²) in [5.74, 6) is -0.270. The van der Waals surface area contributed by atoms with Gasteiger partial charge in [0, 0.05) is 5.69 Å². The first-order valence-electron chi connectivity index (χ1n) is 7.04. The zero-order valence-electron chi connectivity index (χ0n) is 12.8. The Kier molecular flexibility index (Phi) is 5.73. The minimum atomic E-state index is -0.572. The van der Waals surface area contributed by atoms with Gasteiger partial charge in [-0.1, -0.05) is 36.4 Å². The van der Waals surface area contributed by atoms with Crippen LogP contribution in [0.2, 0.25) is 0 Å². The van der Waals surface area contributed by atoms with Crippen LogP contribution in [0, 0.1) is 0 Å². The van der Waals surface area contributed by atoms with Crippen LogP contribution in [-0.4, -0.2) is 18.0 Å². The monoisotopic (exact) mass is 326 g/mol. The largest absolute Gasteiger partial charge is 0.444 e. The van der Waals surface area contributed by atoms with E-state index in [1.165, 1.54) is 0 Å². The van der Waals surface area contributed by atoms with Crippen LogP contribution in [0.15, 0.2) is 64.6 Å². The molecule has 0 spiro atoms. The van der Waals surface area contributed by atoms with Gasteiger partial charge in [-0.25, -0.2) is 9.79 Å². The summed E-state index contributed by atoms with van der Waals surface area (Å²) in [7, 11) is 0. The number of rotatable bonds is 4. The predicted molar refractivity (Wildman–Crippen MR) is 93.8 cm³/mol. The molecule has 0 fully saturated rings. The van der Waals surface area contributed by atoms with Crippen molar-refractivity contribution >= 4 is 29.4 Å². The van der Waals surface area contributed by atoms with E-state index in [-0.39, 0.29) is 18.5 Å². The van der Waals surface area contributed by atoms with Crippen LogP contribution < -0.4 is 22.5 Å². The molecule has 0 atom stereocenters. The first-order valence-corrected chi connectivity index (χ1v) is 7.04. The zero-order valence-corrected chi connectivity index (χ0v) is 12.8. The molecular weight excluding hydrogens is 308 g/mol. The van der Waals surface area contributed by atoms with E-state index in [4.69, 9.17) is 21.9 Å². The maximum absolute atomic E-state index is 11.8. The molecule has 0 saturated carbocycles. The Labute approximate surface area is 139 Å². The second-order valence-corrected chi connectivity index (χ2v) is 4.74. The number of carbonyl (C=O) groups is 1. The number of hydrogen-bond acceptors (Lipinski definition) is 3. The van der Waals surface area contributed by atoms with Crippen molar-refractivity contribution in [2.24, 2.45) is 27.2 Å². The Balaban J connectivity index is 1.96. The number of guanidine groups is 2. The van der Waals surface area contributed by atoms with Crippen LogP contribution in [0.25, 0.3) is 0 Å². The molecule has 0 radical (unpaired) electrons. The molecule has 0 unspecified atom stereocenters. The first-order chi connectivity index (χ1) is 11.5. The molecule has 2 aromatic carbocycles. The number of carbonyl (C=O) groups excluding carboxylic acids is 1. The average molecular weight is 326 g/mol. The molecule has 7 N–H and O–H groups in total. The fourth-order valence-electron chi connectivity index (χ4n) is 1.82. The number of aliphatic imine (C=N–C) groups is 2. The highest BCUT2D eigenvalue weighted by Gasteiger charge is 2.04. The quantitative estimate of drug-likeness (QED) is 0.499. The molecule has 1 amide bonds. The fraction of sp³-hybridized carbons (Fsp3) is 0.0625. The lowest BCUT2D eigenvalue weighted by Crippen LogP contribution is -2.26. The van der Waals surface area contributed by atoms with Gasteiger partial charge in [0.2, 0.25) is 5.96 Å². The van der Waals surface area contributed by atoms with E-state index < -0.39 is 6.09 Å². The third kappa shape index (κ3) is 5.68. The van der Waals surface area contributed by atoms with Crippen molar-refractivity contribution in [2.45, 2.75) is 6.61 Å². The van der Waals surface area contributed by atoms with Crippen molar-refractivity contribution in [3.05, 3.63) is 60.2 Å². The van der Waals surface area contributed by atoms with Crippen molar-refractivity contribution in [2.75, 3.05) is 5.32 Å². The first kappa shape index (κ1) is 16.8. The SMILES string of the molecule is NC(N)=NC(N)=Nc1cccc(NC(=O)OCc2ccccc2)c1. The van der Waals surface area contributed by atoms with Gasteiger partial charge in [-0.15, -0.1) is 0 Å². The van der Waals surface area contributed by atoms with E-state index in [1.807, 2.05) is 30.3 Å². The summed E-state index contributed by atoms with van der Waals surface area (Å²) in [5.41, 5.74) is 17.9. The molecule has 2 aromatic rings. The Hall–Kier alpha value is -3.55. The van der Waals surface area contributed by atoms with Crippen molar-refractivity contribution < 1.29 is 9.53 Å². The molecule has 0 aliphatic rings. The number of nitrogens with one attached hydrogen (secondary N) is 1. The Bertz CT molecular complexity index is 754. The van der Waals surface area contributed by atoms with E-state index in [0.717, 1.165) is 5.56 Å². The minimum Gasteiger partial charge on any atom is -0.444 e. The molecule has 8 heteroatoms. The van der Waals surface area contributed by atoms with E-state index in [2.05, 4.69) is 15.3 Å². The highest BCUT2D eigenvalue weighted by molar-refractivity contribution is 5.94. The van der Waals surface area contributed by atoms with Gasteiger partial charge in [-0.3, -0.25) is 5.32 Å². The summed E-state index contributed by atoms with van der Waals surface area (Å²) in [6.45, 7) is 0.182. The van der Waals surface area contributed by atoms with Crippen LogP contribution in [-0.2, 0) is 11.3 Å². The van der Waals surface area contributed by atoms with Crippen LogP contribution >= 0.6 is 0 Å². The predicted octanol–water partition coefficient (Wildman–Crippen LogP) is 1.65. The van der Waals surface area contributed by atoms with Gasteiger partial charge in [-0.05, 0) is 23.8 Å². The molecule has 0 aliphatic heterocycles. The summed E-state index contributed by atoms with van der Waals surface area (Å²) >= 11 is 0. The van der Waals surface area contributed by atoms with Crippen LogP contribution in [0.4, 0.5) is 16.2 Å². The number of amides is 1. The van der Waals surface area contributed by atoms with Crippen molar-refractivity contribution in [3.63, 3.8) is 0 Å². The third-order valence-electron chi connectivity index (χ3n) is 2.79. The lowest BCUT2D eigenvalue weighted by Gasteiger charge is -2.07. The second kappa shape index (κ2) is 8.18. The van der Waals surface area contributed by atoms with Gasteiger partial charge in [0.25, 0.3) is 0 Å². The standard InChI is InChI=1S/C16H18N6O2/c17-14(18)22-15(19)20-12-7-4-8-13(9-12)21-16(23)24-10-11-5-2-1-3-6-11/h1-9H,10H2,(H,21,23)(H6,17,18,19,20,22). The number of nitrogens with two attached hydrogens (primary N) is 3. The molecule has 124 valence electrons. The van der Waals surface area contributed by atoms with Crippen LogP contribution in [0.3, 0.4) is 0 Å². The number of benzene rings is 2. The van der Waals surface area contributed by atoms with Crippen LogP contribution in [0.1, 0.15) is 5.56 Å². The van der Waals surface area contributed by atoms with Crippen molar-refractivity contribution in [1.29, 1.82) is 0 Å². The molecule has 0 bridgehead atoms. The van der Waals surface area contributed by atoms with Gasteiger partial charge >= 0.3 is 6.09 Å². The molecular formula is C16H18N6O2. The van der Waals surface area contributed by atoms with Gasteiger partial charge < -0.3 is 21.9 Å². The summed E-state index contributed by atoms with van der Waals surface area (Å²) in [6.07, 6.45) is -0.572. The van der Waals surface area contributed by atoms with E-state index in [0.29, 0.717) is 11.4 Å². The summed E-state index contributed by atoms with van der Waals surface area (Å²) in [6, 6.07) is 16.1. The molecule has 8 nitrogen and oxygen atoms in total. The Morgan fingerprint density at radius 3 is 2.50 bits per heavy atom. The molecule has 2 rings (SSSR count). The molecule has 0 heterocycles. The summed E-state index contributed by atoms with van der Waals surface area (Å²) in [5, 5.41) is 2.61. The molecule has 0 aromatic heterocycles. The third-order valence-corrected chi connectivity index (χ3v) is 2.79. The summed E-state index contributed by atoms with van der Waals surface area (Å²) in [4.78, 5) is 19.4. The number of anilines is 1. The highest BCUT2D eigenvalue weighted by atomic mass is 16.5. The Morgan fingerprint density at radius 1 is 1.04 bits per heavy atom. The maximum Gasteiger partial charge on any atom is 0.411 e. The van der Waals surface area contributed by atoms with Gasteiger partial charge in [0.05, 0.1) is 5.69 Å². The molecule has 24 heavy (non-hydrogen) atoms. The lowest BCUT2D eigenvalue weighted by atomic mass is 10.2. The maximum atomic E-state index is 11.8. The smallest absolute Gasteiger partial charge is 0.411 e. The van der Waals surface area contributed by atoms with Gasteiger partial charge in [0.15, 0.2) is 5.96 Å². The number of ether oxygens (including phenoxy) is 1. The molecule has 0 aliphatic carbocycles. The number of hydrogen-bond donors (Lipinski definition) is 4. The second-order valence-electron chi connectivity index (χ2n) is 4.74. The van der Waals surface area contributed by atoms with E-state index in [9.17, 15) is 4.79 Å². The van der Waals surface area contributed by atoms with E-state index in [1.54, 1.807) is 24.3 Å². The van der Waals surface area contributed by atoms with Crippen molar-refractivity contribution in [1.82, 2.24) is 0 Å². The minimum absolute atomic E-state index is 0.0844. The Morgan fingerprint density at radius 2 is 1.79 bits per heavy atom. The summed E-state index contributed by atoms with van der Waals surface area (Å²) < 4.78 is 5.14. The van der Waals surface area contributed by atoms with Gasteiger partial charge in [0.1, 0.15) is 6.61 Å². The zero-order chi connectivity index (χ0) is 17.4. The fourth-order valence-corrected chi connectivity index (χ4v) is 1.82. The topological polar surface area (TPSA) is 141 Å². The van der Waals surface area contributed by atoms with E-state index >= 15 is 0 Å². The average Bonchev–Trinajstić information content (AvgIpc) is 2.53. The number of nitrogens with zero attached hydrogens (tertiary/aromatic N) is 2. The highest BCUT2D eigenvalue weighted by Crippen LogP contribution is 2.18. The van der Waals surface area contributed by atoms with Crippen LogP contribution in [0.5, 0.6) is 0 Å². The normalized spacial score (nSPS) is 10.8. The lowest BCUT2D eigenvalue weighted by molar-refractivity contribution is 0.155. The van der Waals surface area contributed by atoms with Crippen molar-refractivity contribution in [3.8, 4) is 0 Å².